The van der Waals surface area contributed by atoms with Crippen LogP contribution in [0.2, 0.25) is 0 Å². The first-order valence-corrected chi connectivity index (χ1v) is 10.3. The van der Waals surface area contributed by atoms with E-state index in [0.717, 1.165) is 69.6 Å². The molecule has 2 heterocycles. The normalized spacial score (nSPS) is 28.3. The summed E-state index contributed by atoms with van der Waals surface area (Å²) in [5.74, 6) is 1.22. The van der Waals surface area contributed by atoms with Crippen LogP contribution in [0.15, 0.2) is 24.3 Å². The van der Waals surface area contributed by atoms with Crippen LogP contribution in [0, 0.1) is 5.41 Å². The van der Waals surface area contributed by atoms with Crippen molar-refractivity contribution in [1.82, 2.24) is 10.2 Å². The number of carbonyl (C=O) groups excluding carboxylic acids is 1. The van der Waals surface area contributed by atoms with Gasteiger partial charge in [0.1, 0.15) is 5.75 Å². The van der Waals surface area contributed by atoms with Crippen molar-refractivity contribution in [2.75, 3.05) is 33.3 Å². The zero-order chi connectivity index (χ0) is 18.0. The lowest BCUT2D eigenvalue weighted by molar-refractivity contribution is -0.141. The Balaban J connectivity index is 1.63. The number of piperidine rings is 2. The summed E-state index contributed by atoms with van der Waals surface area (Å²) in [5.41, 5.74) is 1.02. The molecule has 4 heteroatoms. The van der Waals surface area contributed by atoms with Gasteiger partial charge in [-0.3, -0.25) is 4.79 Å². The van der Waals surface area contributed by atoms with Gasteiger partial charge in [0.25, 0.3) is 0 Å². The molecular weight excluding hydrogens is 324 g/mol. The first kappa shape index (κ1) is 17.8. The molecule has 1 spiro atoms. The first-order chi connectivity index (χ1) is 12.7. The summed E-state index contributed by atoms with van der Waals surface area (Å²) in [4.78, 5) is 16.1. The fraction of sp³-hybridized carbons (Fsp3) is 0.682. The highest BCUT2D eigenvalue weighted by Crippen LogP contribution is 2.47. The number of ether oxygens (including phenoxy) is 1. The number of likely N-dealkylation sites (tertiary alicyclic amines) is 1. The Morgan fingerprint density at radius 1 is 1.08 bits per heavy atom. The summed E-state index contributed by atoms with van der Waals surface area (Å²) >= 11 is 0. The lowest BCUT2D eigenvalue weighted by atomic mass is 9.72. The minimum atomic E-state index is -0.382. The quantitative estimate of drug-likeness (QED) is 0.901. The van der Waals surface area contributed by atoms with E-state index < -0.39 is 0 Å². The molecule has 0 bridgehead atoms. The van der Waals surface area contributed by atoms with Crippen molar-refractivity contribution < 1.29 is 9.53 Å². The number of hydrogen-bond donors (Lipinski definition) is 1. The van der Waals surface area contributed by atoms with Crippen LogP contribution in [-0.4, -0.2) is 44.1 Å². The number of methoxy groups -OCH3 is 1. The topological polar surface area (TPSA) is 41.6 Å². The fourth-order valence-corrected chi connectivity index (χ4v) is 5.68. The van der Waals surface area contributed by atoms with Gasteiger partial charge in [0, 0.05) is 30.6 Å². The van der Waals surface area contributed by atoms with Crippen LogP contribution < -0.4 is 10.1 Å². The fourth-order valence-electron chi connectivity index (χ4n) is 5.68. The van der Waals surface area contributed by atoms with Crippen LogP contribution in [-0.2, 0) is 10.2 Å². The van der Waals surface area contributed by atoms with E-state index >= 15 is 0 Å². The Morgan fingerprint density at radius 2 is 1.85 bits per heavy atom. The van der Waals surface area contributed by atoms with Crippen LogP contribution in [0.3, 0.4) is 0 Å². The highest BCUT2D eigenvalue weighted by atomic mass is 16.5. The minimum absolute atomic E-state index is 0.298. The average molecular weight is 357 g/mol. The number of nitrogens with zero attached hydrogens (tertiary/aromatic N) is 1. The van der Waals surface area contributed by atoms with Crippen LogP contribution in [0.25, 0.3) is 0 Å². The Kier molecular flexibility index (Phi) is 4.96. The Labute approximate surface area is 157 Å². The molecule has 1 aromatic carbocycles. The molecule has 1 aromatic rings. The van der Waals surface area contributed by atoms with Crippen LogP contribution in [0.4, 0.5) is 0 Å². The van der Waals surface area contributed by atoms with Gasteiger partial charge < -0.3 is 15.0 Å². The van der Waals surface area contributed by atoms with E-state index in [1.807, 2.05) is 18.2 Å². The molecule has 4 nitrogen and oxygen atoms in total. The molecule has 0 aromatic heterocycles. The average Bonchev–Trinajstić information content (AvgIpc) is 3.19. The second-order valence-electron chi connectivity index (χ2n) is 8.60. The number of benzene rings is 1. The Morgan fingerprint density at radius 3 is 2.58 bits per heavy atom. The lowest BCUT2D eigenvalue weighted by Gasteiger charge is -2.47. The molecular formula is C22H32N2O2. The predicted molar refractivity (Wildman–Crippen MR) is 103 cm³/mol. The minimum Gasteiger partial charge on any atom is -0.496 e. The zero-order valence-corrected chi connectivity index (χ0v) is 16.1. The van der Waals surface area contributed by atoms with Crippen molar-refractivity contribution in [3.8, 4) is 5.75 Å². The van der Waals surface area contributed by atoms with Gasteiger partial charge in [-0.05, 0) is 51.1 Å². The van der Waals surface area contributed by atoms with E-state index in [-0.39, 0.29) is 5.41 Å². The summed E-state index contributed by atoms with van der Waals surface area (Å²) in [6.45, 7) is 4.03. The summed E-state index contributed by atoms with van der Waals surface area (Å²) in [7, 11) is 1.72. The number of para-hydroxylation sites is 1. The molecule has 26 heavy (non-hydrogen) atoms. The highest BCUT2D eigenvalue weighted by molar-refractivity contribution is 5.89. The molecule has 0 radical (unpaired) electrons. The second kappa shape index (κ2) is 7.22. The molecule has 1 aliphatic carbocycles. The highest BCUT2D eigenvalue weighted by Gasteiger charge is 2.48. The van der Waals surface area contributed by atoms with Crippen molar-refractivity contribution in [2.24, 2.45) is 5.41 Å². The molecule has 142 valence electrons. The van der Waals surface area contributed by atoms with Crippen LogP contribution >= 0.6 is 0 Å². The standard InChI is InChI=1S/C22H32N2O2/c1-26-19-9-3-2-8-18(19)22(12-4-5-13-22)20(25)24-15-7-11-21(17-24)10-6-14-23-16-21/h2-3,8-9,23H,4-7,10-17H2,1H3. The van der Waals surface area contributed by atoms with E-state index in [9.17, 15) is 4.79 Å². The molecule has 3 aliphatic rings. The smallest absolute Gasteiger partial charge is 0.233 e. The van der Waals surface area contributed by atoms with Gasteiger partial charge in [0.05, 0.1) is 12.5 Å². The van der Waals surface area contributed by atoms with Crippen LogP contribution in [0.5, 0.6) is 5.75 Å². The molecule has 4 rings (SSSR count). The van der Waals surface area contributed by atoms with Gasteiger partial charge in [-0.15, -0.1) is 0 Å². The van der Waals surface area contributed by atoms with Gasteiger partial charge in [-0.1, -0.05) is 31.0 Å². The number of carbonyl (C=O) groups is 1. The first-order valence-electron chi connectivity index (χ1n) is 10.3. The third-order valence-corrected chi connectivity index (χ3v) is 7.00. The number of rotatable bonds is 3. The van der Waals surface area contributed by atoms with E-state index in [4.69, 9.17) is 4.74 Å². The van der Waals surface area contributed by atoms with E-state index in [0.29, 0.717) is 11.3 Å². The SMILES string of the molecule is COc1ccccc1C1(C(=O)N2CCCC3(CCCNC3)C2)CCCC1. The summed E-state index contributed by atoms with van der Waals surface area (Å²) in [6.07, 6.45) is 9.04. The maximum atomic E-state index is 13.9. The lowest BCUT2D eigenvalue weighted by Crippen LogP contribution is -2.56. The molecule has 1 saturated carbocycles. The van der Waals surface area contributed by atoms with E-state index in [1.165, 1.54) is 19.3 Å². The third kappa shape index (κ3) is 3.02. The monoisotopic (exact) mass is 356 g/mol. The van der Waals surface area contributed by atoms with E-state index in [2.05, 4.69) is 16.3 Å². The number of nitrogens with one attached hydrogen (secondary N) is 1. The van der Waals surface area contributed by atoms with Crippen LogP contribution in [0.1, 0.15) is 56.9 Å². The Bertz CT molecular complexity index is 640. The van der Waals surface area contributed by atoms with Crippen molar-refractivity contribution in [1.29, 1.82) is 0 Å². The maximum Gasteiger partial charge on any atom is 0.233 e. The van der Waals surface area contributed by atoms with Gasteiger partial charge in [0.15, 0.2) is 0 Å². The predicted octanol–water partition coefficient (Wildman–Crippen LogP) is 3.50. The molecule has 1 N–H and O–H groups in total. The molecule has 1 unspecified atom stereocenters. The maximum absolute atomic E-state index is 13.9. The summed E-state index contributed by atoms with van der Waals surface area (Å²) in [5, 5.41) is 3.58. The number of amides is 1. The second-order valence-corrected chi connectivity index (χ2v) is 8.60. The van der Waals surface area contributed by atoms with Crippen molar-refractivity contribution in [3.05, 3.63) is 29.8 Å². The molecule has 1 amide bonds. The molecule has 3 fully saturated rings. The molecule has 2 aliphatic heterocycles. The molecule has 1 atom stereocenters. The van der Waals surface area contributed by atoms with Gasteiger partial charge in [-0.25, -0.2) is 0 Å². The van der Waals surface area contributed by atoms with Gasteiger partial charge in [-0.2, -0.15) is 0 Å². The molecule has 2 saturated heterocycles. The number of hydrogen-bond acceptors (Lipinski definition) is 3. The third-order valence-electron chi connectivity index (χ3n) is 7.00. The summed E-state index contributed by atoms with van der Waals surface area (Å²) < 4.78 is 5.65. The Hall–Kier alpha value is -1.55. The van der Waals surface area contributed by atoms with Crippen molar-refractivity contribution >= 4 is 5.91 Å². The van der Waals surface area contributed by atoms with Gasteiger partial charge in [0.2, 0.25) is 5.91 Å². The zero-order valence-electron chi connectivity index (χ0n) is 16.1. The van der Waals surface area contributed by atoms with E-state index in [1.54, 1.807) is 7.11 Å². The van der Waals surface area contributed by atoms with Crippen molar-refractivity contribution in [2.45, 2.75) is 56.8 Å². The summed E-state index contributed by atoms with van der Waals surface area (Å²) in [6, 6.07) is 8.17. The van der Waals surface area contributed by atoms with Crippen molar-refractivity contribution in [3.63, 3.8) is 0 Å². The largest absolute Gasteiger partial charge is 0.496 e. The van der Waals surface area contributed by atoms with Gasteiger partial charge >= 0.3 is 0 Å².